The van der Waals surface area contributed by atoms with Gasteiger partial charge in [0, 0.05) is 6.42 Å². The molecule has 0 amide bonds. The molecule has 0 radical (unpaired) electrons. The molecule has 0 unspecified atom stereocenters. The number of rotatable bonds is 5. The zero-order chi connectivity index (χ0) is 10.7. The summed E-state index contributed by atoms with van der Waals surface area (Å²) in [6, 6.07) is 0. The third kappa shape index (κ3) is 6.76. The maximum absolute atomic E-state index is 9.17. The fourth-order valence-corrected chi connectivity index (χ4v) is 1.34. The molecule has 0 spiro atoms. The van der Waals surface area contributed by atoms with Crippen LogP contribution in [0.25, 0.3) is 0 Å². The Morgan fingerprint density at radius 1 is 0.846 bits per heavy atom. The van der Waals surface area contributed by atoms with E-state index < -0.39 is 0 Å². The lowest BCUT2D eigenvalue weighted by atomic mass is 10.3. The van der Waals surface area contributed by atoms with Crippen molar-refractivity contribution in [2.24, 2.45) is 0 Å². The van der Waals surface area contributed by atoms with Gasteiger partial charge in [0.05, 0.1) is 26.2 Å². The molecule has 0 bridgehead atoms. The maximum Gasteiger partial charge on any atom is 0.119 e. The van der Waals surface area contributed by atoms with E-state index in [1.165, 1.54) is 30.7 Å². The Morgan fingerprint density at radius 2 is 1.08 bits per heavy atom. The van der Waals surface area contributed by atoms with Gasteiger partial charge in [0.15, 0.2) is 0 Å². The highest BCUT2D eigenvalue weighted by Gasteiger charge is 2.16. The molecule has 0 aromatic rings. The molecule has 0 fully saturated rings. The van der Waals surface area contributed by atoms with Crippen molar-refractivity contribution in [2.75, 3.05) is 26.2 Å². The summed E-state index contributed by atoms with van der Waals surface area (Å²) < 4.78 is 1.28. The molecular weight excluding hydrogens is 162 g/mol. The third-order valence-electron chi connectivity index (χ3n) is 2.85. The van der Waals surface area contributed by atoms with Gasteiger partial charge in [0.25, 0.3) is 0 Å². The van der Waals surface area contributed by atoms with E-state index in [9.17, 15) is 4.79 Å². The lowest BCUT2D eigenvalue weighted by molar-refractivity contribution is -0.921. The number of aldehydes is 1. The van der Waals surface area contributed by atoms with Crippen LogP contribution in [0.3, 0.4) is 0 Å². The fourth-order valence-electron chi connectivity index (χ4n) is 1.34. The van der Waals surface area contributed by atoms with Crippen LogP contribution in [-0.4, -0.2) is 36.9 Å². The second-order valence-corrected chi connectivity index (χ2v) is 3.18. The molecule has 80 valence electrons. The van der Waals surface area contributed by atoms with Crippen LogP contribution < -0.4 is 0 Å². The van der Waals surface area contributed by atoms with Crippen molar-refractivity contribution in [2.45, 2.75) is 41.0 Å². The van der Waals surface area contributed by atoms with Gasteiger partial charge >= 0.3 is 0 Å². The maximum atomic E-state index is 9.17. The largest absolute Gasteiger partial charge is 0.325 e. The van der Waals surface area contributed by atoms with E-state index in [1.807, 2.05) is 6.92 Å². The summed E-state index contributed by atoms with van der Waals surface area (Å²) in [5.41, 5.74) is 0. The van der Waals surface area contributed by atoms with Gasteiger partial charge in [-0.15, -0.1) is 0 Å². The van der Waals surface area contributed by atoms with Crippen LogP contribution in [-0.2, 0) is 4.79 Å². The van der Waals surface area contributed by atoms with Crippen molar-refractivity contribution in [1.82, 2.24) is 0 Å². The number of nitrogens with zero attached hydrogens (tertiary/aromatic N) is 1. The first-order valence-electron chi connectivity index (χ1n) is 5.44. The second kappa shape index (κ2) is 9.72. The standard InChI is InChI=1S/C8H20N.C3H6O/c1-5-9(6-2,7-3)8-4;1-2-3-4/h5-8H2,1-4H3;3H,2H2,1H3/q+1;. The number of carbonyl (C=O) groups is 1. The average Bonchev–Trinajstić information content (AvgIpc) is 2.23. The number of quaternary nitrogens is 1. The minimum absolute atomic E-state index is 0.639. The van der Waals surface area contributed by atoms with E-state index in [0.29, 0.717) is 6.42 Å². The zero-order valence-corrected chi connectivity index (χ0v) is 9.97. The third-order valence-corrected chi connectivity index (χ3v) is 2.85. The molecule has 2 nitrogen and oxygen atoms in total. The molecule has 0 aliphatic carbocycles. The Morgan fingerprint density at radius 3 is 1.08 bits per heavy atom. The van der Waals surface area contributed by atoms with Crippen LogP contribution in [0.1, 0.15) is 41.0 Å². The number of carbonyl (C=O) groups excluding carboxylic acids is 1. The Kier molecular flexibility index (Phi) is 11.3. The van der Waals surface area contributed by atoms with Crippen LogP contribution in [0.5, 0.6) is 0 Å². The lowest BCUT2D eigenvalue weighted by Gasteiger charge is -2.34. The number of hydrogen-bond acceptors (Lipinski definition) is 1. The number of hydrogen-bond donors (Lipinski definition) is 0. The van der Waals surface area contributed by atoms with E-state index in [-0.39, 0.29) is 0 Å². The minimum atomic E-state index is 0.639. The molecule has 0 saturated carbocycles. The molecule has 0 aromatic heterocycles. The van der Waals surface area contributed by atoms with Crippen molar-refractivity contribution in [3.05, 3.63) is 0 Å². The van der Waals surface area contributed by atoms with Crippen LogP contribution in [0.2, 0.25) is 0 Å². The Balaban J connectivity index is 0. The van der Waals surface area contributed by atoms with Crippen LogP contribution in [0, 0.1) is 0 Å². The first-order chi connectivity index (χ1) is 6.16. The molecule has 0 aliphatic rings. The molecule has 13 heavy (non-hydrogen) atoms. The molecule has 0 aliphatic heterocycles. The van der Waals surface area contributed by atoms with Crippen LogP contribution >= 0.6 is 0 Å². The minimum Gasteiger partial charge on any atom is -0.325 e. The Bertz CT molecular complexity index is 91.1. The zero-order valence-electron chi connectivity index (χ0n) is 9.97. The normalized spacial score (nSPS) is 10.2. The fraction of sp³-hybridized carbons (Fsp3) is 0.909. The van der Waals surface area contributed by atoms with Gasteiger partial charge in [-0.05, 0) is 27.7 Å². The predicted octanol–water partition coefficient (Wildman–Crippen LogP) is 2.48. The van der Waals surface area contributed by atoms with E-state index in [2.05, 4.69) is 27.7 Å². The summed E-state index contributed by atoms with van der Waals surface area (Å²) in [7, 11) is 0. The van der Waals surface area contributed by atoms with Gasteiger partial charge in [0.2, 0.25) is 0 Å². The van der Waals surface area contributed by atoms with Gasteiger partial charge in [-0.1, -0.05) is 6.92 Å². The topological polar surface area (TPSA) is 17.1 Å². The van der Waals surface area contributed by atoms with Crippen molar-refractivity contribution in [3.63, 3.8) is 0 Å². The van der Waals surface area contributed by atoms with E-state index in [4.69, 9.17) is 0 Å². The summed E-state index contributed by atoms with van der Waals surface area (Å²) in [6.07, 6.45) is 1.51. The second-order valence-electron chi connectivity index (χ2n) is 3.18. The SMILES string of the molecule is CCC=O.CC[N+](CC)(CC)CC. The molecular formula is C11H26NO+. The summed E-state index contributed by atoms with van der Waals surface area (Å²) in [4.78, 5) is 9.17. The van der Waals surface area contributed by atoms with Gasteiger partial charge in [-0.2, -0.15) is 0 Å². The Labute approximate surface area is 83.5 Å². The average molecular weight is 188 g/mol. The summed E-state index contributed by atoms with van der Waals surface area (Å²) >= 11 is 0. The highest BCUT2D eigenvalue weighted by atomic mass is 16.1. The highest BCUT2D eigenvalue weighted by molar-refractivity contribution is 5.48. The van der Waals surface area contributed by atoms with Crippen molar-refractivity contribution in [1.29, 1.82) is 0 Å². The molecule has 0 N–H and O–H groups in total. The monoisotopic (exact) mass is 188 g/mol. The molecule has 0 saturated heterocycles. The molecule has 2 heteroatoms. The van der Waals surface area contributed by atoms with Gasteiger partial charge in [-0.25, -0.2) is 0 Å². The van der Waals surface area contributed by atoms with Crippen molar-refractivity contribution >= 4 is 6.29 Å². The quantitative estimate of drug-likeness (QED) is 0.478. The van der Waals surface area contributed by atoms with Crippen LogP contribution in [0.4, 0.5) is 0 Å². The molecule has 0 rings (SSSR count). The van der Waals surface area contributed by atoms with Crippen LogP contribution in [0.15, 0.2) is 0 Å². The van der Waals surface area contributed by atoms with Gasteiger partial charge in [0.1, 0.15) is 6.29 Å². The molecule has 0 heterocycles. The smallest absolute Gasteiger partial charge is 0.119 e. The van der Waals surface area contributed by atoms with Gasteiger partial charge in [-0.3, -0.25) is 0 Å². The summed E-state index contributed by atoms with van der Waals surface area (Å²) in [6.45, 7) is 16.0. The van der Waals surface area contributed by atoms with E-state index >= 15 is 0 Å². The lowest BCUT2D eigenvalue weighted by Crippen LogP contribution is -2.47. The van der Waals surface area contributed by atoms with Crippen molar-refractivity contribution in [3.8, 4) is 0 Å². The highest BCUT2D eigenvalue weighted by Crippen LogP contribution is 2.03. The predicted molar refractivity (Wildman–Crippen MR) is 58.8 cm³/mol. The van der Waals surface area contributed by atoms with Crippen molar-refractivity contribution < 1.29 is 9.28 Å². The van der Waals surface area contributed by atoms with E-state index in [0.717, 1.165) is 6.29 Å². The van der Waals surface area contributed by atoms with E-state index in [1.54, 1.807) is 0 Å². The summed E-state index contributed by atoms with van der Waals surface area (Å²) in [5, 5.41) is 0. The first kappa shape index (κ1) is 15.1. The molecule has 0 atom stereocenters. The Hall–Kier alpha value is -0.370. The first-order valence-corrected chi connectivity index (χ1v) is 5.44. The molecule has 0 aromatic carbocycles. The summed E-state index contributed by atoms with van der Waals surface area (Å²) in [5.74, 6) is 0. The van der Waals surface area contributed by atoms with Gasteiger partial charge < -0.3 is 9.28 Å².